The van der Waals surface area contributed by atoms with Crippen LogP contribution in [0.25, 0.3) is 0 Å². The number of benzene rings is 1. The summed E-state index contributed by atoms with van der Waals surface area (Å²) >= 11 is 0. The summed E-state index contributed by atoms with van der Waals surface area (Å²) < 4.78 is 5.42. The topological polar surface area (TPSA) is 47.3 Å². The van der Waals surface area contributed by atoms with E-state index in [1.165, 1.54) is 5.56 Å². The zero-order valence-electron chi connectivity index (χ0n) is 12.4. The lowest BCUT2D eigenvalue weighted by molar-refractivity contribution is 0.397. The third-order valence-electron chi connectivity index (χ3n) is 2.76. The summed E-state index contributed by atoms with van der Waals surface area (Å²) in [5, 5.41) is 3.37. The minimum atomic E-state index is -0.220. The highest BCUT2D eigenvalue weighted by molar-refractivity contribution is 5.53. The van der Waals surface area contributed by atoms with Gasteiger partial charge in [0.25, 0.3) is 0 Å². The molecule has 3 N–H and O–H groups in total. The van der Waals surface area contributed by atoms with Gasteiger partial charge in [-0.15, -0.1) is 0 Å². The Balaban J connectivity index is 2.97. The summed E-state index contributed by atoms with van der Waals surface area (Å²) in [6.07, 6.45) is 0. The van der Waals surface area contributed by atoms with Gasteiger partial charge in [-0.25, -0.2) is 0 Å². The molecule has 0 spiro atoms. The van der Waals surface area contributed by atoms with Crippen molar-refractivity contribution in [1.29, 1.82) is 0 Å². The van der Waals surface area contributed by atoms with Gasteiger partial charge in [-0.1, -0.05) is 20.8 Å². The number of nitrogens with two attached hydrogens (primary N) is 1. The van der Waals surface area contributed by atoms with E-state index in [9.17, 15) is 0 Å². The zero-order valence-corrected chi connectivity index (χ0v) is 12.4. The van der Waals surface area contributed by atoms with Crippen LogP contribution in [0.15, 0.2) is 18.2 Å². The molecule has 0 aliphatic carbocycles. The van der Waals surface area contributed by atoms with Crippen LogP contribution in [0.3, 0.4) is 0 Å². The standard InChI is InChI=1S/C15H26N2O/c1-14(2,3)12-9-11(7-8-13(12)18-6)17-10-15(4,5)16/h7-9,17H,10,16H2,1-6H3. The minimum Gasteiger partial charge on any atom is -0.496 e. The predicted octanol–water partition coefficient (Wildman–Crippen LogP) is 3.14. The normalized spacial score (nSPS) is 12.4. The van der Waals surface area contributed by atoms with Crippen molar-refractivity contribution in [1.82, 2.24) is 0 Å². The van der Waals surface area contributed by atoms with E-state index in [0.29, 0.717) is 0 Å². The number of methoxy groups -OCH3 is 1. The molecule has 1 aromatic rings. The second kappa shape index (κ2) is 5.19. The van der Waals surface area contributed by atoms with Gasteiger partial charge in [0.15, 0.2) is 0 Å². The summed E-state index contributed by atoms with van der Waals surface area (Å²) in [5.74, 6) is 0.931. The van der Waals surface area contributed by atoms with Crippen LogP contribution >= 0.6 is 0 Å². The van der Waals surface area contributed by atoms with Gasteiger partial charge < -0.3 is 15.8 Å². The van der Waals surface area contributed by atoms with Crippen molar-refractivity contribution in [2.45, 2.75) is 45.6 Å². The number of nitrogens with one attached hydrogen (secondary N) is 1. The quantitative estimate of drug-likeness (QED) is 0.863. The molecule has 0 aliphatic heterocycles. The third-order valence-corrected chi connectivity index (χ3v) is 2.76. The molecule has 0 amide bonds. The van der Waals surface area contributed by atoms with E-state index >= 15 is 0 Å². The van der Waals surface area contributed by atoms with Crippen LogP contribution in [0, 0.1) is 0 Å². The molecule has 3 nitrogen and oxygen atoms in total. The van der Waals surface area contributed by atoms with Crippen LogP contribution in [-0.2, 0) is 5.41 Å². The largest absolute Gasteiger partial charge is 0.496 e. The first-order valence-electron chi connectivity index (χ1n) is 6.35. The SMILES string of the molecule is COc1ccc(NCC(C)(C)N)cc1C(C)(C)C. The van der Waals surface area contributed by atoms with Gasteiger partial charge >= 0.3 is 0 Å². The average Bonchev–Trinajstić information content (AvgIpc) is 2.24. The van der Waals surface area contributed by atoms with Crippen molar-refractivity contribution in [3.63, 3.8) is 0 Å². The Hall–Kier alpha value is -1.22. The highest BCUT2D eigenvalue weighted by Gasteiger charge is 2.19. The third kappa shape index (κ3) is 4.22. The van der Waals surface area contributed by atoms with Crippen LogP contribution in [-0.4, -0.2) is 19.2 Å². The number of hydrogen-bond acceptors (Lipinski definition) is 3. The molecule has 0 aliphatic rings. The molecule has 102 valence electrons. The van der Waals surface area contributed by atoms with Gasteiger partial charge in [0.05, 0.1) is 7.11 Å². The summed E-state index contributed by atoms with van der Waals surface area (Å²) in [5.41, 5.74) is 8.09. The van der Waals surface area contributed by atoms with Gasteiger partial charge in [-0.3, -0.25) is 0 Å². The van der Waals surface area contributed by atoms with E-state index in [4.69, 9.17) is 10.5 Å². The maximum Gasteiger partial charge on any atom is 0.122 e. The van der Waals surface area contributed by atoms with Gasteiger partial charge in [-0.05, 0) is 37.5 Å². The van der Waals surface area contributed by atoms with E-state index in [2.05, 4.69) is 32.2 Å². The summed E-state index contributed by atoms with van der Waals surface area (Å²) in [6.45, 7) is 11.3. The lowest BCUT2D eigenvalue weighted by Crippen LogP contribution is -2.39. The molecule has 0 saturated carbocycles. The van der Waals surface area contributed by atoms with Gasteiger partial charge in [0.2, 0.25) is 0 Å². The maximum absolute atomic E-state index is 5.98. The van der Waals surface area contributed by atoms with E-state index in [1.54, 1.807) is 7.11 Å². The number of hydrogen-bond donors (Lipinski definition) is 2. The summed E-state index contributed by atoms with van der Waals surface area (Å²) in [4.78, 5) is 0. The van der Waals surface area contributed by atoms with Crippen LogP contribution in [0.2, 0.25) is 0 Å². The van der Waals surface area contributed by atoms with E-state index in [-0.39, 0.29) is 11.0 Å². The molecular weight excluding hydrogens is 224 g/mol. The van der Waals surface area contributed by atoms with Crippen molar-refractivity contribution in [3.8, 4) is 5.75 Å². The first-order chi connectivity index (χ1) is 8.13. The molecule has 0 fully saturated rings. The highest BCUT2D eigenvalue weighted by Crippen LogP contribution is 2.33. The predicted molar refractivity (Wildman–Crippen MR) is 78.5 cm³/mol. The molecule has 0 heterocycles. The van der Waals surface area contributed by atoms with Gasteiger partial charge in [0, 0.05) is 23.3 Å². The Labute approximate surface area is 111 Å². The van der Waals surface area contributed by atoms with Crippen molar-refractivity contribution >= 4 is 5.69 Å². The van der Waals surface area contributed by atoms with Gasteiger partial charge in [-0.2, -0.15) is 0 Å². The van der Waals surface area contributed by atoms with Crippen molar-refractivity contribution in [2.75, 3.05) is 19.0 Å². The number of rotatable bonds is 4. The van der Waals surface area contributed by atoms with E-state index in [1.807, 2.05) is 26.0 Å². The molecule has 0 aromatic heterocycles. The lowest BCUT2D eigenvalue weighted by atomic mass is 9.86. The maximum atomic E-state index is 5.98. The fraction of sp³-hybridized carbons (Fsp3) is 0.600. The molecule has 0 radical (unpaired) electrons. The Morgan fingerprint density at radius 2 is 1.78 bits per heavy atom. The molecule has 1 aromatic carbocycles. The molecule has 0 atom stereocenters. The first-order valence-corrected chi connectivity index (χ1v) is 6.35. The fourth-order valence-corrected chi connectivity index (χ4v) is 1.73. The Bertz CT molecular complexity index is 400. The van der Waals surface area contributed by atoms with Crippen molar-refractivity contribution < 1.29 is 4.74 Å². The average molecular weight is 250 g/mol. The zero-order chi connectivity index (χ0) is 14.0. The first kappa shape index (κ1) is 14.8. The molecule has 3 heteroatoms. The Morgan fingerprint density at radius 1 is 1.17 bits per heavy atom. The molecule has 18 heavy (non-hydrogen) atoms. The van der Waals surface area contributed by atoms with Gasteiger partial charge in [0.1, 0.15) is 5.75 Å². The van der Waals surface area contributed by atoms with Crippen molar-refractivity contribution in [2.24, 2.45) is 5.73 Å². The fourth-order valence-electron chi connectivity index (χ4n) is 1.73. The number of anilines is 1. The Morgan fingerprint density at radius 3 is 2.22 bits per heavy atom. The number of ether oxygens (including phenoxy) is 1. The van der Waals surface area contributed by atoms with Crippen LogP contribution in [0.1, 0.15) is 40.2 Å². The van der Waals surface area contributed by atoms with E-state index in [0.717, 1.165) is 18.0 Å². The Kier molecular flexibility index (Phi) is 4.28. The van der Waals surface area contributed by atoms with Crippen LogP contribution in [0.5, 0.6) is 5.75 Å². The molecule has 1 rings (SSSR count). The lowest BCUT2D eigenvalue weighted by Gasteiger charge is -2.24. The summed E-state index contributed by atoms with van der Waals surface area (Å²) in [7, 11) is 1.71. The second-order valence-corrected chi connectivity index (χ2v) is 6.51. The van der Waals surface area contributed by atoms with Crippen LogP contribution in [0.4, 0.5) is 5.69 Å². The monoisotopic (exact) mass is 250 g/mol. The molecular formula is C15H26N2O. The minimum absolute atomic E-state index is 0.0568. The highest BCUT2D eigenvalue weighted by atomic mass is 16.5. The van der Waals surface area contributed by atoms with Crippen molar-refractivity contribution in [3.05, 3.63) is 23.8 Å². The van der Waals surface area contributed by atoms with E-state index < -0.39 is 0 Å². The second-order valence-electron chi connectivity index (χ2n) is 6.51. The summed E-state index contributed by atoms with van der Waals surface area (Å²) in [6, 6.07) is 6.18. The van der Waals surface area contributed by atoms with Crippen LogP contribution < -0.4 is 15.8 Å². The molecule has 0 bridgehead atoms. The molecule has 0 unspecified atom stereocenters. The smallest absolute Gasteiger partial charge is 0.122 e. The molecule has 0 saturated heterocycles.